The first-order valence-corrected chi connectivity index (χ1v) is 16.0. The third-order valence-electron chi connectivity index (χ3n) is 9.25. The SMILES string of the molecule is Cc1cc(N(c2ccccc2)c2cccc(C#N)c2)c2ccc3c(C)cc(N(c4ccccc4)c4cccc(C#N)c4)c4ccc1c2c34. The average molecular weight is 615 g/mol. The molecule has 0 radical (unpaired) electrons. The molecule has 8 aromatic carbocycles. The van der Waals surface area contributed by atoms with E-state index in [-0.39, 0.29) is 0 Å². The Morgan fingerprint density at radius 2 is 0.771 bits per heavy atom. The van der Waals surface area contributed by atoms with Gasteiger partial charge in [0.2, 0.25) is 0 Å². The first-order chi connectivity index (χ1) is 23.6. The van der Waals surface area contributed by atoms with Crippen molar-refractivity contribution in [3.63, 3.8) is 0 Å². The molecule has 4 nitrogen and oxygen atoms in total. The van der Waals surface area contributed by atoms with Crippen LogP contribution in [0.25, 0.3) is 32.3 Å². The van der Waals surface area contributed by atoms with E-state index < -0.39 is 0 Å². The monoisotopic (exact) mass is 614 g/mol. The molecule has 0 aliphatic heterocycles. The zero-order valence-corrected chi connectivity index (χ0v) is 26.6. The van der Waals surface area contributed by atoms with E-state index in [1.165, 1.54) is 32.7 Å². The molecule has 48 heavy (non-hydrogen) atoms. The Morgan fingerprint density at radius 3 is 1.17 bits per heavy atom. The standard InChI is InChI=1S/C44H30N4/c1-29-23-41(47(33-13-5-3-6-14-33)35-17-9-11-31(25-35)27-45)39-22-20-38-30(2)24-42(40-21-19-37(29)43(39)44(38)40)48(34-15-7-4-8-16-34)36-18-10-12-32(26-36)28-46/h3-26H,1-2H3. The van der Waals surface area contributed by atoms with E-state index in [9.17, 15) is 10.5 Å². The number of nitrogens with zero attached hydrogens (tertiary/aromatic N) is 4. The van der Waals surface area contributed by atoms with Gasteiger partial charge in [-0.3, -0.25) is 0 Å². The minimum atomic E-state index is 0.615. The van der Waals surface area contributed by atoms with Gasteiger partial charge in [-0.05, 0) is 119 Å². The van der Waals surface area contributed by atoms with Gasteiger partial charge in [0.15, 0.2) is 0 Å². The lowest BCUT2D eigenvalue weighted by Gasteiger charge is -2.30. The molecule has 4 heteroatoms. The quantitative estimate of drug-likeness (QED) is 0.175. The van der Waals surface area contributed by atoms with Crippen LogP contribution in [-0.2, 0) is 0 Å². The molecule has 226 valence electrons. The van der Waals surface area contributed by atoms with Crippen molar-refractivity contribution >= 4 is 66.4 Å². The molecule has 0 aromatic heterocycles. The van der Waals surface area contributed by atoms with E-state index in [0.717, 1.165) is 44.9 Å². The fourth-order valence-electron chi connectivity index (χ4n) is 7.11. The lowest BCUT2D eigenvalue weighted by Crippen LogP contribution is -2.12. The zero-order valence-electron chi connectivity index (χ0n) is 26.6. The summed E-state index contributed by atoms with van der Waals surface area (Å²) in [4.78, 5) is 4.52. The molecular formula is C44H30N4. The van der Waals surface area contributed by atoms with Gasteiger partial charge in [-0.2, -0.15) is 10.5 Å². The summed E-state index contributed by atoms with van der Waals surface area (Å²) in [5.74, 6) is 0. The number of aryl methyl sites for hydroxylation is 2. The predicted molar refractivity (Wildman–Crippen MR) is 198 cm³/mol. The molecule has 0 N–H and O–H groups in total. The highest BCUT2D eigenvalue weighted by Gasteiger charge is 2.23. The van der Waals surface area contributed by atoms with Crippen molar-refractivity contribution in [1.82, 2.24) is 0 Å². The Labute approximate surface area is 279 Å². The normalized spacial score (nSPS) is 11.1. The van der Waals surface area contributed by atoms with Crippen LogP contribution in [0.4, 0.5) is 34.1 Å². The average Bonchev–Trinajstić information content (AvgIpc) is 3.14. The summed E-state index contributed by atoms with van der Waals surface area (Å²) in [5.41, 5.74) is 9.59. The van der Waals surface area contributed by atoms with E-state index >= 15 is 0 Å². The molecule has 0 aliphatic rings. The van der Waals surface area contributed by atoms with Crippen molar-refractivity contribution in [2.45, 2.75) is 13.8 Å². The number of hydrogen-bond acceptors (Lipinski definition) is 4. The molecule has 0 unspecified atom stereocenters. The summed E-state index contributed by atoms with van der Waals surface area (Å²) in [6.07, 6.45) is 0. The van der Waals surface area contributed by atoms with Crippen molar-refractivity contribution < 1.29 is 0 Å². The summed E-state index contributed by atoms with van der Waals surface area (Å²) in [7, 11) is 0. The molecule has 0 saturated heterocycles. The minimum Gasteiger partial charge on any atom is -0.310 e. The van der Waals surface area contributed by atoms with Crippen LogP contribution in [-0.4, -0.2) is 0 Å². The highest BCUT2D eigenvalue weighted by molar-refractivity contribution is 6.29. The molecule has 0 fully saturated rings. The van der Waals surface area contributed by atoms with E-state index in [0.29, 0.717) is 11.1 Å². The molecule has 0 bridgehead atoms. The maximum Gasteiger partial charge on any atom is 0.0992 e. The maximum atomic E-state index is 9.79. The van der Waals surface area contributed by atoms with Crippen molar-refractivity contribution in [3.8, 4) is 12.1 Å². The van der Waals surface area contributed by atoms with Gasteiger partial charge >= 0.3 is 0 Å². The fraction of sp³-hybridized carbons (Fsp3) is 0.0455. The van der Waals surface area contributed by atoms with Gasteiger partial charge in [-0.1, -0.05) is 72.8 Å². The molecule has 0 heterocycles. The van der Waals surface area contributed by atoms with Crippen LogP contribution in [0.2, 0.25) is 0 Å². The van der Waals surface area contributed by atoms with Crippen LogP contribution in [0.1, 0.15) is 22.3 Å². The second-order valence-electron chi connectivity index (χ2n) is 12.2. The van der Waals surface area contributed by atoms with Gasteiger partial charge in [0.05, 0.1) is 34.6 Å². The summed E-state index contributed by atoms with van der Waals surface area (Å²) >= 11 is 0. The number of nitriles is 2. The second kappa shape index (κ2) is 11.6. The molecule has 0 aliphatic carbocycles. The second-order valence-corrected chi connectivity index (χ2v) is 12.2. The zero-order chi connectivity index (χ0) is 32.8. The van der Waals surface area contributed by atoms with Gasteiger partial charge in [-0.25, -0.2) is 0 Å². The lowest BCUT2D eigenvalue weighted by molar-refractivity contribution is 1.28. The van der Waals surface area contributed by atoms with Gasteiger partial charge in [0, 0.05) is 33.5 Å². The van der Waals surface area contributed by atoms with Gasteiger partial charge in [-0.15, -0.1) is 0 Å². The summed E-state index contributed by atoms with van der Waals surface area (Å²) < 4.78 is 0. The Balaban J connectivity index is 1.46. The maximum absolute atomic E-state index is 9.79. The third-order valence-corrected chi connectivity index (χ3v) is 9.25. The Morgan fingerprint density at radius 1 is 0.396 bits per heavy atom. The highest BCUT2D eigenvalue weighted by atomic mass is 15.1. The molecule has 0 saturated carbocycles. The van der Waals surface area contributed by atoms with Crippen molar-refractivity contribution in [3.05, 3.63) is 168 Å². The largest absolute Gasteiger partial charge is 0.310 e. The Hall–Kier alpha value is -6.62. The van der Waals surface area contributed by atoms with Crippen LogP contribution >= 0.6 is 0 Å². The molecule has 0 atom stereocenters. The molecule has 8 aromatic rings. The van der Waals surface area contributed by atoms with Crippen LogP contribution < -0.4 is 9.80 Å². The van der Waals surface area contributed by atoms with Gasteiger partial charge in [0.25, 0.3) is 0 Å². The minimum absolute atomic E-state index is 0.615. The number of anilines is 6. The smallest absolute Gasteiger partial charge is 0.0992 e. The van der Waals surface area contributed by atoms with E-state index in [2.05, 4.69) is 109 Å². The van der Waals surface area contributed by atoms with Gasteiger partial charge < -0.3 is 9.80 Å². The van der Waals surface area contributed by atoms with Crippen LogP contribution in [0, 0.1) is 36.5 Å². The fourth-order valence-corrected chi connectivity index (χ4v) is 7.11. The third kappa shape index (κ3) is 4.68. The predicted octanol–water partition coefficient (Wildman–Crippen LogP) is 11.9. The van der Waals surface area contributed by atoms with E-state index in [1.807, 2.05) is 72.8 Å². The van der Waals surface area contributed by atoms with Crippen molar-refractivity contribution in [2.75, 3.05) is 9.80 Å². The Bertz CT molecular complexity index is 2380. The molecular weight excluding hydrogens is 585 g/mol. The number of hydrogen-bond donors (Lipinski definition) is 0. The van der Waals surface area contributed by atoms with Crippen LogP contribution in [0.3, 0.4) is 0 Å². The highest BCUT2D eigenvalue weighted by Crippen LogP contribution is 2.49. The topological polar surface area (TPSA) is 54.1 Å². The number of benzene rings is 8. The van der Waals surface area contributed by atoms with E-state index in [1.54, 1.807) is 0 Å². The van der Waals surface area contributed by atoms with Crippen LogP contribution in [0.5, 0.6) is 0 Å². The first-order valence-electron chi connectivity index (χ1n) is 16.0. The van der Waals surface area contributed by atoms with Crippen LogP contribution in [0.15, 0.2) is 146 Å². The van der Waals surface area contributed by atoms with Crippen molar-refractivity contribution in [2.24, 2.45) is 0 Å². The first kappa shape index (κ1) is 28.8. The van der Waals surface area contributed by atoms with Crippen molar-refractivity contribution in [1.29, 1.82) is 10.5 Å². The number of rotatable bonds is 6. The lowest BCUT2D eigenvalue weighted by atomic mass is 9.88. The van der Waals surface area contributed by atoms with Gasteiger partial charge in [0.1, 0.15) is 0 Å². The molecule has 0 amide bonds. The summed E-state index contributed by atoms with van der Waals surface area (Å²) in [6, 6.07) is 54.5. The molecule has 0 spiro atoms. The summed E-state index contributed by atoms with van der Waals surface area (Å²) in [5, 5.41) is 26.7. The number of para-hydroxylation sites is 2. The molecule has 8 rings (SSSR count). The summed E-state index contributed by atoms with van der Waals surface area (Å²) in [6.45, 7) is 4.36. The Kier molecular flexibility index (Phi) is 6.98. The van der Waals surface area contributed by atoms with E-state index in [4.69, 9.17) is 0 Å².